The van der Waals surface area contributed by atoms with Crippen LogP contribution in [0.2, 0.25) is 0 Å². The van der Waals surface area contributed by atoms with Crippen molar-refractivity contribution in [2.24, 2.45) is 11.5 Å². The maximum atomic E-state index is 10.5. The number of hydrogen-bond donors (Lipinski definition) is 2. The van der Waals surface area contributed by atoms with Crippen LogP contribution in [0.1, 0.15) is 39.5 Å². The van der Waals surface area contributed by atoms with Gasteiger partial charge in [-0.05, 0) is 19.3 Å². The van der Waals surface area contributed by atoms with E-state index in [0.29, 0.717) is 18.4 Å². The highest BCUT2D eigenvalue weighted by Gasteiger charge is 2.22. The zero-order chi connectivity index (χ0) is 9.61. The third-order valence-electron chi connectivity index (χ3n) is 2.05. The number of nitrogens with two attached hydrogens (primary N) is 2. The zero-order valence-corrected chi connectivity index (χ0v) is 8.39. The van der Waals surface area contributed by atoms with Crippen molar-refractivity contribution >= 4 is 5.94 Å². The van der Waals surface area contributed by atoms with Crippen LogP contribution in [0.25, 0.3) is 0 Å². The molecule has 0 heterocycles. The first-order valence-corrected chi connectivity index (χ1v) is 4.40. The summed E-state index contributed by atoms with van der Waals surface area (Å²) in [6.45, 7) is 3.92. The van der Waals surface area contributed by atoms with Gasteiger partial charge in [-0.1, -0.05) is 20.3 Å². The van der Waals surface area contributed by atoms with E-state index in [1.165, 1.54) is 0 Å². The highest BCUT2D eigenvalue weighted by atomic mass is 16.1. The highest BCUT2D eigenvalue weighted by Crippen LogP contribution is 2.15. The molecule has 0 spiro atoms. The Hall–Kier alpha value is -0.670. The van der Waals surface area contributed by atoms with Gasteiger partial charge in [-0.25, -0.2) is 4.79 Å². The molecular formula is C9H20N2O2. The standard InChI is InChI=1S/C9H18N2O.H2O/c1-3-5-6-8(7-12)9(10,11)4-2;/h3-6,10-11H2,1-2H3;1H2. The van der Waals surface area contributed by atoms with E-state index in [9.17, 15) is 4.79 Å². The number of rotatable bonds is 5. The van der Waals surface area contributed by atoms with E-state index in [4.69, 9.17) is 11.5 Å². The molecule has 4 heteroatoms. The first-order valence-electron chi connectivity index (χ1n) is 4.40. The van der Waals surface area contributed by atoms with E-state index < -0.39 is 5.66 Å². The van der Waals surface area contributed by atoms with Gasteiger partial charge >= 0.3 is 0 Å². The molecule has 0 saturated heterocycles. The lowest BCUT2D eigenvalue weighted by atomic mass is 9.95. The van der Waals surface area contributed by atoms with Crippen molar-refractivity contribution in [3.8, 4) is 0 Å². The molecule has 0 aliphatic carbocycles. The van der Waals surface area contributed by atoms with Gasteiger partial charge in [-0.15, -0.1) is 0 Å². The second kappa shape index (κ2) is 6.80. The zero-order valence-electron chi connectivity index (χ0n) is 8.39. The molecule has 0 aromatic rings. The van der Waals surface area contributed by atoms with E-state index in [-0.39, 0.29) is 5.48 Å². The molecule has 4 nitrogen and oxygen atoms in total. The summed E-state index contributed by atoms with van der Waals surface area (Å²) in [7, 11) is 0. The first kappa shape index (κ1) is 14.8. The Kier molecular flexibility index (Phi) is 7.76. The monoisotopic (exact) mass is 188 g/mol. The van der Waals surface area contributed by atoms with Crippen molar-refractivity contribution < 1.29 is 10.3 Å². The molecule has 0 aromatic heterocycles. The SMILES string of the molecule is CCCCC(=C=O)C(N)(N)CC.O. The molecule has 78 valence electrons. The van der Waals surface area contributed by atoms with Gasteiger partial charge in [0.05, 0.1) is 5.66 Å². The molecule has 0 fully saturated rings. The average molecular weight is 188 g/mol. The fourth-order valence-electron chi connectivity index (χ4n) is 0.946. The van der Waals surface area contributed by atoms with Gasteiger partial charge < -0.3 is 16.9 Å². The molecule has 0 radical (unpaired) electrons. The van der Waals surface area contributed by atoms with E-state index in [1.807, 2.05) is 12.9 Å². The van der Waals surface area contributed by atoms with Gasteiger partial charge in [0.15, 0.2) is 0 Å². The minimum Gasteiger partial charge on any atom is -0.412 e. The van der Waals surface area contributed by atoms with Crippen molar-refractivity contribution in [2.75, 3.05) is 0 Å². The van der Waals surface area contributed by atoms with Crippen molar-refractivity contribution in [1.82, 2.24) is 0 Å². The van der Waals surface area contributed by atoms with Crippen LogP contribution in [0.3, 0.4) is 0 Å². The fraction of sp³-hybridized carbons (Fsp3) is 0.778. The minimum atomic E-state index is -0.948. The third-order valence-corrected chi connectivity index (χ3v) is 2.05. The molecule has 0 aromatic carbocycles. The summed E-state index contributed by atoms with van der Waals surface area (Å²) in [6, 6.07) is 0. The lowest BCUT2D eigenvalue weighted by molar-refractivity contribution is 0.475. The van der Waals surface area contributed by atoms with Crippen molar-refractivity contribution in [1.29, 1.82) is 0 Å². The Balaban J connectivity index is 0. The normalized spacial score (nSPS) is 10.2. The smallest absolute Gasteiger partial charge is 0.126 e. The maximum Gasteiger partial charge on any atom is 0.126 e. The Morgan fingerprint density at radius 3 is 2.23 bits per heavy atom. The highest BCUT2D eigenvalue weighted by molar-refractivity contribution is 5.56. The average Bonchev–Trinajstić information content (AvgIpc) is 2.05. The molecule has 6 N–H and O–H groups in total. The van der Waals surface area contributed by atoms with E-state index in [0.717, 1.165) is 12.8 Å². The van der Waals surface area contributed by atoms with Gasteiger partial charge in [0.1, 0.15) is 5.94 Å². The van der Waals surface area contributed by atoms with Gasteiger partial charge in [0.25, 0.3) is 0 Å². The van der Waals surface area contributed by atoms with Crippen molar-refractivity contribution in [3.63, 3.8) is 0 Å². The van der Waals surface area contributed by atoms with Crippen LogP contribution in [0.4, 0.5) is 0 Å². The summed E-state index contributed by atoms with van der Waals surface area (Å²) in [4.78, 5) is 10.5. The molecule has 13 heavy (non-hydrogen) atoms. The number of carbonyl (C=O) groups excluding carboxylic acids is 1. The quantitative estimate of drug-likeness (QED) is 0.473. The van der Waals surface area contributed by atoms with Gasteiger partial charge in [-0.2, -0.15) is 0 Å². The molecule has 0 unspecified atom stereocenters. The Morgan fingerprint density at radius 1 is 1.38 bits per heavy atom. The molecule has 0 amide bonds. The lowest BCUT2D eigenvalue weighted by Crippen LogP contribution is -2.50. The summed E-state index contributed by atoms with van der Waals surface area (Å²) in [5.41, 5.74) is 10.9. The van der Waals surface area contributed by atoms with Gasteiger partial charge in [0.2, 0.25) is 0 Å². The molecule has 0 aliphatic heterocycles. The van der Waals surface area contributed by atoms with E-state index in [1.54, 1.807) is 0 Å². The first-order chi connectivity index (χ1) is 5.58. The second-order valence-corrected chi connectivity index (χ2v) is 3.08. The maximum absolute atomic E-state index is 10.5. The van der Waals surface area contributed by atoms with Crippen LogP contribution in [0.5, 0.6) is 0 Å². The molecule has 0 atom stereocenters. The van der Waals surface area contributed by atoms with Crippen LogP contribution < -0.4 is 11.5 Å². The summed E-state index contributed by atoms with van der Waals surface area (Å²) >= 11 is 0. The van der Waals surface area contributed by atoms with Crippen molar-refractivity contribution in [3.05, 3.63) is 5.57 Å². The topological polar surface area (TPSA) is 101 Å². The van der Waals surface area contributed by atoms with E-state index >= 15 is 0 Å². The fourth-order valence-corrected chi connectivity index (χ4v) is 0.946. The molecule has 0 saturated carbocycles. The Bertz CT molecular complexity index is 184. The molecule has 0 rings (SSSR count). The lowest BCUT2D eigenvalue weighted by Gasteiger charge is -2.23. The van der Waals surface area contributed by atoms with Crippen molar-refractivity contribution in [2.45, 2.75) is 45.2 Å². The molecular weight excluding hydrogens is 168 g/mol. The molecule has 0 aliphatic rings. The largest absolute Gasteiger partial charge is 0.412 e. The van der Waals surface area contributed by atoms with Crippen LogP contribution in [0, 0.1) is 0 Å². The van der Waals surface area contributed by atoms with E-state index in [2.05, 4.69) is 6.92 Å². The Morgan fingerprint density at radius 2 is 1.92 bits per heavy atom. The predicted octanol–water partition coefficient (Wildman–Crippen LogP) is 0.134. The summed E-state index contributed by atoms with van der Waals surface area (Å²) in [5.74, 6) is 1.84. The van der Waals surface area contributed by atoms with Crippen LogP contribution in [0.15, 0.2) is 5.57 Å². The summed E-state index contributed by atoms with van der Waals surface area (Å²) < 4.78 is 0. The van der Waals surface area contributed by atoms with Crippen LogP contribution in [-0.2, 0) is 4.79 Å². The van der Waals surface area contributed by atoms with Crippen LogP contribution in [-0.4, -0.2) is 17.1 Å². The number of hydrogen-bond acceptors (Lipinski definition) is 3. The summed E-state index contributed by atoms with van der Waals surface area (Å²) in [5, 5.41) is 0. The van der Waals surface area contributed by atoms with Crippen LogP contribution >= 0.6 is 0 Å². The summed E-state index contributed by atoms with van der Waals surface area (Å²) in [6.07, 6.45) is 3.22. The minimum absolute atomic E-state index is 0. The second-order valence-electron chi connectivity index (χ2n) is 3.08. The van der Waals surface area contributed by atoms with Gasteiger partial charge in [-0.3, -0.25) is 0 Å². The molecule has 0 bridgehead atoms. The third kappa shape index (κ3) is 4.80. The predicted molar refractivity (Wildman–Crippen MR) is 53.7 cm³/mol. The Labute approximate surface area is 79.3 Å². The number of unbranched alkanes of at least 4 members (excludes halogenated alkanes) is 1. The van der Waals surface area contributed by atoms with Gasteiger partial charge in [0, 0.05) is 5.57 Å².